The molecule has 7 heteroatoms. The second-order valence-corrected chi connectivity index (χ2v) is 5.66. The van der Waals surface area contributed by atoms with Gasteiger partial charge in [-0.3, -0.25) is 0 Å². The molecule has 1 fully saturated rings. The lowest BCUT2D eigenvalue weighted by Gasteiger charge is -2.20. The Morgan fingerprint density at radius 1 is 1.56 bits per heavy atom. The number of methoxy groups -OCH3 is 1. The van der Waals surface area contributed by atoms with Crippen LogP contribution in [0.15, 0.2) is 0 Å². The highest BCUT2D eigenvalue weighted by atomic mass is 32.1. The average Bonchev–Trinajstić information content (AvgIpc) is 3.08. The molecule has 1 aromatic heterocycles. The van der Waals surface area contributed by atoms with E-state index in [1.165, 1.54) is 24.4 Å². The van der Waals surface area contributed by atoms with E-state index in [0.717, 1.165) is 24.0 Å². The first-order chi connectivity index (χ1) is 8.70. The van der Waals surface area contributed by atoms with Gasteiger partial charge in [0.05, 0.1) is 11.6 Å². The van der Waals surface area contributed by atoms with Crippen LogP contribution in [-0.2, 0) is 4.74 Å². The Morgan fingerprint density at radius 3 is 2.94 bits per heavy atom. The van der Waals surface area contributed by atoms with Crippen LogP contribution >= 0.6 is 23.8 Å². The Morgan fingerprint density at radius 2 is 2.33 bits per heavy atom. The number of ether oxygens (including phenoxy) is 1. The minimum absolute atomic E-state index is 0.532. The first kappa shape index (κ1) is 13.6. The van der Waals surface area contributed by atoms with Crippen molar-refractivity contribution in [1.82, 2.24) is 9.36 Å². The lowest BCUT2D eigenvalue weighted by atomic mass is 10.4. The van der Waals surface area contributed by atoms with Gasteiger partial charge < -0.3 is 15.4 Å². The van der Waals surface area contributed by atoms with Gasteiger partial charge in [-0.05, 0) is 12.8 Å². The van der Waals surface area contributed by atoms with Crippen LogP contribution in [0.5, 0.6) is 0 Å². The summed E-state index contributed by atoms with van der Waals surface area (Å²) in [5.74, 6) is 1.59. The monoisotopic (exact) mass is 286 g/mol. The van der Waals surface area contributed by atoms with Crippen LogP contribution in [0.2, 0.25) is 0 Å². The molecule has 2 N–H and O–H groups in total. The van der Waals surface area contributed by atoms with Crippen molar-refractivity contribution in [3.63, 3.8) is 0 Å². The van der Waals surface area contributed by atoms with Crippen LogP contribution in [0.4, 0.5) is 5.13 Å². The molecular weight excluding hydrogens is 268 g/mol. The van der Waals surface area contributed by atoms with Gasteiger partial charge in [0.15, 0.2) is 0 Å². The Hall–Kier alpha value is -0.790. The van der Waals surface area contributed by atoms with Gasteiger partial charge in [-0.15, -0.1) is 0 Å². The van der Waals surface area contributed by atoms with Gasteiger partial charge in [-0.2, -0.15) is 4.37 Å². The van der Waals surface area contributed by atoms with Crippen LogP contribution in [0.3, 0.4) is 0 Å². The minimum atomic E-state index is 0.532. The maximum absolute atomic E-state index is 5.55. The zero-order chi connectivity index (χ0) is 13.0. The molecule has 0 atom stereocenters. The Labute approximate surface area is 117 Å². The fourth-order valence-electron chi connectivity index (χ4n) is 1.61. The molecule has 0 bridgehead atoms. The van der Waals surface area contributed by atoms with Gasteiger partial charge in [0.2, 0.25) is 5.13 Å². The standard InChI is InChI=1S/C11H18N4OS2/c1-16-7-6-15(5-4-9(12)17)11-13-10(14-18-11)8-2-3-8/h8H,2-7H2,1H3,(H2,12,17). The summed E-state index contributed by atoms with van der Waals surface area (Å²) in [6.45, 7) is 2.23. The number of rotatable bonds is 8. The lowest BCUT2D eigenvalue weighted by Crippen LogP contribution is -2.30. The van der Waals surface area contributed by atoms with Gasteiger partial charge in [0.25, 0.3) is 0 Å². The molecule has 1 heterocycles. The summed E-state index contributed by atoms with van der Waals surface area (Å²) in [4.78, 5) is 7.27. The highest BCUT2D eigenvalue weighted by Crippen LogP contribution is 2.39. The molecule has 1 saturated carbocycles. The van der Waals surface area contributed by atoms with Gasteiger partial charge in [-0.25, -0.2) is 4.98 Å². The molecule has 1 aliphatic carbocycles. The van der Waals surface area contributed by atoms with E-state index in [1.54, 1.807) is 7.11 Å². The maximum Gasteiger partial charge on any atom is 0.205 e. The number of thiocarbonyl (C=S) groups is 1. The Balaban J connectivity index is 1.97. The lowest BCUT2D eigenvalue weighted by molar-refractivity contribution is 0.205. The van der Waals surface area contributed by atoms with Gasteiger partial charge in [0.1, 0.15) is 5.82 Å². The van der Waals surface area contributed by atoms with Gasteiger partial charge in [-0.1, -0.05) is 12.2 Å². The third-order valence-corrected chi connectivity index (χ3v) is 3.83. The number of nitrogens with two attached hydrogens (primary N) is 1. The van der Waals surface area contributed by atoms with Crippen molar-refractivity contribution in [3.05, 3.63) is 5.82 Å². The molecule has 1 aromatic rings. The van der Waals surface area contributed by atoms with Crippen molar-refractivity contribution in [3.8, 4) is 0 Å². The third-order valence-electron chi connectivity index (χ3n) is 2.84. The SMILES string of the molecule is COCCN(CCC(N)=S)c1nc(C2CC2)ns1. The number of anilines is 1. The van der Waals surface area contributed by atoms with Crippen LogP contribution in [0.1, 0.15) is 31.0 Å². The third kappa shape index (κ3) is 3.86. The molecule has 0 spiro atoms. The fourth-order valence-corrected chi connectivity index (χ4v) is 2.50. The van der Waals surface area contributed by atoms with Crippen molar-refractivity contribution in [2.45, 2.75) is 25.2 Å². The zero-order valence-corrected chi connectivity index (χ0v) is 12.1. The first-order valence-electron chi connectivity index (χ1n) is 6.06. The van der Waals surface area contributed by atoms with E-state index in [9.17, 15) is 0 Å². The number of hydrogen-bond acceptors (Lipinski definition) is 6. The molecule has 0 saturated heterocycles. The van der Waals surface area contributed by atoms with E-state index in [0.29, 0.717) is 23.9 Å². The van der Waals surface area contributed by atoms with Crippen LogP contribution in [-0.4, -0.2) is 41.2 Å². The van der Waals surface area contributed by atoms with Crippen LogP contribution < -0.4 is 10.6 Å². The Bertz CT molecular complexity index is 406. The van der Waals surface area contributed by atoms with E-state index in [-0.39, 0.29) is 0 Å². The highest BCUT2D eigenvalue weighted by Gasteiger charge is 2.28. The minimum Gasteiger partial charge on any atom is -0.393 e. The van der Waals surface area contributed by atoms with Crippen molar-refractivity contribution >= 4 is 33.9 Å². The van der Waals surface area contributed by atoms with Gasteiger partial charge in [0, 0.05) is 44.1 Å². The van der Waals surface area contributed by atoms with Crippen LogP contribution in [0.25, 0.3) is 0 Å². The molecule has 5 nitrogen and oxygen atoms in total. The zero-order valence-electron chi connectivity index (χ0n) is 10.5. The maximum atomic E-state index is 5.55. The summed E-state index contributed by atoms with van der Waals surface area (Å²) in [5.41, 5.74) is 5.55. The largest absolute Gasteiger partial charge is 0.393 e. The predicted molar refractivity (Wildman–Crippen MR) is 77.4 cm³/mol. The summed E-state index contributed by atoms with van der Waals surface area (Å²) in [6.07, 6.45) is 3.14. The number of aromatic nitrogens is 2. The summed E-state index contributed by atoms with van der Waals surface area (Å²) >= 11 is 6.37. The molecule has 0 aliphatic heterocycles. The molecule has 0 amide bonds. The van der Waals surface area contributed by atoms with Crippen molar-refractivity contribution in [2.75, 3.05) is 31.7 Å². The molecule has 1 aliphatic rings. The smallest absolute Gasteiger partial charge is 0.205 e. The second kappa shape index (κ2) is 6.40. The van der Waals surface area contributed by atoms with Gasteiger partial charge >= 0.3 is 0 Å². The summed E-state index contributed by atoms with van der Waals surface area (Å²) in [7, 11) is 1.70. The molecule has 0 aromatic carbocycles. The molecule has 2 rings (SSSR count). The average molecular weight is 286 g/mol. The number of nitrogens with zero attached hydrogens (tertiary/aromatic N) is 3. The van der Waals surface area contributed by atoms with E-state index in [4.69, 9.17) is 22.7 Å². The highest BCUT2D eigenvalue weighted by molar-refractivity contribution is 7.80. The van der Waals surface area contributed by atoms with E-state index in [2.05, 4.69) is 14.3 Å². The summed E-state index contributed by atoms with van der Waals surface area (Å²) in [6, 6.07) is 0. The van der Waals surface area contributed by atoms with Crippen molar-refractivity contribution < 1.29 is 4.74 Å². The second-order valence-electron chi connectivity index (χ2n) is 4.41. The van der Waals surface area contributed by atoms with Crippen molar-refractivity contribution in [1.29, 1.82) is 0 Å². The molecule has 100 valence electrons. The topological polar surface area (TPSA) is 64.3 Å². The quantitative estimate of drug-likeness (QED) is 0.731. The van der Waals surface area contributed by atoms with E-state index in [1.807, 2.05) is 0 Å². The summed E-state index contributed by atoms with van der Waals surface area (Å²) in [5, 5.41) is 0.949. The summed E-state index contributed by atoms with van der Waals surface area (Å²) < 4.78 is 9.54. The molecule has 0 unspecified atom stereocenters. The fraction of sp³-hybridized carbons (Fsp3) is 0.727. The molecule has 0 radical (unpaired) electrons. The predicted octanol–water partition coefficient (Wildman–Crippen LogP) is 1.54. The molecular formula is C11H18N4OS2. The van der Waals surface area contributed by atoms with Crippen molar-refractivity contribution in [2.24, 2.45) is 5.73 Å². The van der Waals surface area contributed by atoms with E-state index >= 15 is 0 Å². The van der Waals surface area contributed by atoms with Crippen LogP contribution in [0, 0.1) is 0 Å². The Kier molecular flexibility index (Phi) is 4.85. The molecule has 18 heavy (non-hydrogen) atoms. The number of hydrogen-bond donors (Lipinski definition) is 1. The first-order valence-corrected chi connectivity index (χ1v) is 7.24. The normalized spacial score (nSPS) is 14.7. The van der Waals surface area contributed by atoms with E-state index < -0.39 is 0 Å².